The molecule has 2 heterocycles. The second kappa shape index (κ2) is 8.99. The lowest BCUT2D eigenvalue weighted by Crippen LogP contribution is -2.54. The number of nitrogens with one attached hydrogen (secondary N) is 3. The van der Waals surface area contributed by atoms with E-state index in [4.69, 9.17) is 10.9 Å². The fourth-order valence-electron chi connectivity index (χ4n) is 3.39. The van der Waals surface area contributed by atoms with Gasteiger partial charge in [-0.2, -0.15) is 0 Å². The van der Waals surface area contributed by atoms with Crippen LogP contribution in [-0.2, 0) is 13.0 Å². The molecule has 1 aliphatic heterocycles. The van der Waals surface area contributed by atoms with E-state index in [1.807, 2.05) is 29.2 Å². The van der Waals surface area contributed by atoms with Gasteiger partial charge in [-0.15, -0.1) is 5.11 Å². The molecule has 0 radical (unpaired) electrons. The van der Waals surface area contributed by atoms with E-state index in [1.165, 1.54) is 6.07 Å². The molecule has 7 nitrogen and oxygen atoms in total. The molecule has 0 spiro atoms. The van der Waals surface area contributed by atoms with Crippen molar-refractivity contribution in [2.24, 2.45) is 11.0 Å². The summed E-state index contributed by atoms with van der Waals surface area (Å²) in [5, 5.41) is 13.2. The number of hydrogen-bond acceptors (Lipinski definition) is 6. The Balaban J connectivity index is 1.79. The topological polar surface area (TPSA) is 91.5 Å². The third-order valence-electron chi connectivity index (χ3n) is 4.67. The Bertz CT molecular complexity index is 830. The van der Waals surface area contributed by atoms with Crippen LogP contribution in [0.4, 0.5) is 10.1 Å². The number of aromatic nitrogens is 1. The molecule has 1 aromatic heterocycles. The molecule has 0 saturated carbocycles. The van der Waals surface area contributed by atoms with Gasteiger partial charge in [0.1, 0.15) is 5.82 Å². The van der Waals surface area contributed by atoms with Gasteiger partial charge in [0.05, 0.1) is 30.2 Å². The molecule has 0 unspecified atom stereocenters. The first-order chi connectivity index (χ1) is 13.5. The first-order valence-corrected chi connectivity index (χ1v) is 9.40. The lowest BCUT2D eigenvalue weighted by atomic mass is 9.99. The van der Waals surface area contributed by atoms with Gasteiger partial charge in [0.25, 0.3) is 0 Å². The Kier molecular flexibility index (Phi) is 6.43. The summed E-state index contributed by atoms with van der Waals surface area (Å²) in [6.45, 7) is 6.73. The highest BCUT2D eigenvalue weighted by Gasteiger charge is 2.24. The largest absolute Gasteiger partial charge is 0.355 e. The molecule has 0 atom stereocenters. The third-order valence-corrected chi connectivity index (χ3v) is 4.67. The summed E-state index contributed by atoms with van der Waals surface area (Å²) in [6, 6.07) is 9.22. The van der Waals surface area contributed by atoms with Crippen molar-refractivity contribution in [3.8, 4) is 0 Å². The molecule has 0 amide bonds. The van der Waals surface area contributed by atoms with E-state index in [0.29, 0.717) is 31.4 Å². The summed E-state index contributed by atoms with van der Waals surface area (Å²) >= 11 is 0. The molecule has 28 heavy (non-hydrogen) atoms. The summed E-state index contributed by atoms with van der Waals surface area (Å²) < 4.78 is 14.8. The molecule has 3 rings (SSSR count). The van der Waals surface area contributed by atoms with Crippen LogP contribution < -0.4 is 10.3 Å². The van der Waals surface area contributed by atoms with Gasteiger partial charge in [0.15, 0.2) is 5.84 Å². The normalized spacial score (nSPS) is 15.1. The Morgan fingerprint density at radius 3 is 2.75 bits per heavy atom. The van der Waals surface area contributed by atoms with E-state index in [0.717, 1.165) is 24.2 Å². The summed E-state index contributed by atoms with van der Waals surface area (Å²) in [7, 11) is 0. The SMILES string of the molecule is CC(C)Cc1cc(F)c(C(=N)N=N)c(N2CCN(Cc3ccccn3)NC2)c1. The molecule has 1 fully saturated rings. The van der Waals surface area contributed by atoms with Crippen molar-refractivity contribution in [1.82, 2.24) is 15.4 Å². The van der Waals surface area contributed by atoms with E-state index in [2.05, 4.69) is 34.4 Å². The van der Waals surface area contributed by atoms with E-state index < -0.39 is 5.82 Å². The van der Waals surface area contributed by atoms with Crippen LogP contribution in [0.25, 0.3) is 0 Å². The van der Waals surface area contributed by atoms with Gasteiger partial charge in [0, 0.05) is 19.3 Å². The van der Waals surface area contributed by atoms with Gasteiger partial charge in [0.2, 0.25) is 0 Å². The minimum absolute atomic E-state index is 0.0856. The Hall–Kier alpha value is -2.71. The molecular weight excluding hydrogens is 357 g/mol. The highest BCUT2D eigenvalue weighted by atomic mass is 19.1. The number of benzene rings is 1. The maximum atomic E-state index is 14.8. The van der Waals surface area contributed by atoms with Crippen LogP contribution in [-0.4, -0.2) is 35.6 Å². The van der Waals surface area contributed by atoms with E-state index in [9.17, 15) is 4.39 Å². The zero-order valence-corrected chi connectivity index (χ0v) is 16.2. The van der Waals surface area contributed by atoms with Crippen LogP contribution >= 0.6 is 0 Å². The summed E-state index contributed by atoms with van der Waals surface area (Å²) in [6.07, 6.45) is 2.53. The maximum absolute atomic E-state index is 14.8. The van der Waals surface area contributed by atoms with Gasteiger partial charge in [-0.25, -0.2) is 20.4 Å². The number of halogens is 1. The van der Waals surface area contributed by atoms with Gasteiger partial charge in [-0.1, -0.05) is 19.9 Å². The molecule has 8 heteroatoms. The molecule has 0 bridgehead atoms. The van der Waals surface area contributed by atoms with Gasteiger partial charge in [-0.05, 0) is 42.2 Å². The minimum atomic E-state index is -0.495. The van der Waals surface area contributed by atoms with Crippen molar-refractivity contribution < 1.29 is 4.39 Å². The van der Waals surface area contributed by atoms with Crippen molar-refractivity contribution in [3.05, 3.63) is 59.2 Å². The number of hydrogen-bond donors (Lipinski definition) is 3. The molecule has 0 aliphatic carbocycles. The number of pyridine rings is 1. The fourth-order valence-corrected chi connectivity index (χ4v) is 3.39. The summed E-state index contributed by atoms with van der Waals surface area (Å²) in [4.78, 5) is 6.34. The van der Waals surface area contributed by atoms with Crippen molar-refractivity contribution in [3.63, 3.8) is 0 Å². The molecule has 148 valence electrons. The van der Waals surface area contributed by atoms with E-state index >= 15 is 0 Å². The monoisotopic (exact) mass is 383 g/mol. The number of anilines is 1. The predicted octanol–water partition coefficient (Wildman–Crippen LogP) is 3.56. The van der Waals surface area contributed by atoms with Gasteiger partial charge >= 0.3 is 0 Å². The number of rotatable bonds is 6. The number of amidine groups is 1. The Morgan fingerprint density at radius 2 is 2.14 bits per heavy atom. The predicted molar refractivity (Wildman–Crippen MR) is 107 cm³/mol. The van der Waals surface area contributed by atoms with Crippen LogP contribution in [0.1, 0.15) is 30.7 Å². The van der Waals surface area contributed by atoms with Gasteiger partial charge in [-0.3, -0.25) is 10.4 Å². The van der Waals surface area contributed by atoms with Crippen LogP contribution in [0.2, 0.25) is 0 Å². The second-order valence-electron chi connectivity index (χ2n) is 7.35. The molecular formula is C20H26FN7. The third kappa shape index (κ3) is 4.76. The lowest BCUT2D eigenvalue weighted by molar-refractivity contribution is 0.155. The van der Waals surface area contributed by atoms with Crippen molar-refractivity contribution in [2.75, 3.05) is 24.7 Å². The van der Waals surface area contributed by atoms with Crippen LogP contribution in [0.3, 0.4) is 0 Å². The van der Waals surface area contributed by atoms with E-state index in [1.54, 1.807) is 6.20 Å². The van der Waals surface area contributed by atoms with Gasteiger partial charge < -0.3 is 4.90 Å². The first-order valence-electron chi connectivity index (χ1n) is 9.40. The summed E-state index contributed by atoms with van der Waals surface area (Å²) in [5.41, 5.74) is 13.1. The van der Waals surface area contributed by atoms with Crippen molar-refractivity contribution in [2.45, 2.75) is 26.8 Å². The Labute approximate surface area is 164 Å². The second-order valence-corrected chi connectivity index (χ2v) is 7.35. The highest BCUT2D eigenvalue weighted by molar-refractivity contribution is 6.02. The average molecular weight is 383 g/mol. The zero-order valence-electron chi connectivity index (χ0n) is 16.2. The first kappa shape index (κ1) is 20.0. The minimum Gasteiger partial charge on any atom is -0.355 e. The van der Waals surface area contributed by atoms with Crippen LogP contribution in [0.15, 0.2) is 41.6 Å². The molecule has 1 saturated heterocycles. The van der Waals surface area contributed by atoms with E-state index in [-0.39, 0.29) is 11.4 Å². The fraction of sp³-hybridized carbons (Fsp3) is 0.400. The maximum Gasteiger partial charge on any atom is 0.178 e. The zero-order chi connectivity index (χ0) is 20.1. The lowest BCUT2D eigenvalue weighted by Gasteiger charge is -2.37. The number of hydrazine groups is 1. The average Bonchev–Trinajstić information content (AvgIpc) is 2.68. The van der Waals surface area contributed by atoms with Crippen LogP contribution in [0, 0.1) is 22.7 Å². The Morgan fingerprint density at radius 1 is 1.32 bits per heavy atom. The van der Waals surface area contributed by atoms with Crippen LogP contribution in [0.5, 0.6) is 0 Å². The molecule has 3 N–H and O–H groups in total. The molecule has 1 aliphatic rings. The van der Waals surface area contributed by atoms with Crippen molar-refractivity contribution >= 4 is 11.5 Å². The standard InChI is InChI=1S/C20H26FN7/c1-14(2)9-15-10-17(21)19(20(22)26-23)18(11-15)27-7-8-28(25-13-27)12-16-5-3-4-6-24-16/h3-6,10-11,14,22-23,25H,7-9,12-13H2,1-2H3. The van der Waals surface area contributed by atoms with Crippen molar-refractivity contribution in [1.29, 1.82) is 10.9 Å². The molecule has 2 aromatic rings. The quantitative estimate of drug-likeness (QED) is 0.404. The summed E-state index contributed by atoms with van der Waals surface area (Å²) in [5.74, 6) is -0.462. The smallest absolute Gasteiger partial charge is 0.178 e. The molecule has 1 aromatic carbocycles. The number of nitrogens with zero attached hydrogens (tertiary/aromatic N) is 4. The highest BCUT2D eigenvalue weighted by Crippen LogP contribution is 2.28.